The zero-order valence-corrected chi connectivity index (χ0v) is 23.0. The summed E-state index contributed by atoms with van der Waals surface area (Å²) < 4.78 is 17.8. The van der Waals surface area contributed by atoms with Gasteiger partial charge in [-0.3, -0.25) is 0 Å². The maximum atomic E-state index is 13.0. The Kier molecular flexibility index (Phi) is 12.3. The molecule has 4 nitrogen and oxygen atoms in total. The average molecular weight is 505 g/mol. The predicted molar refractivity (Wildman–Crippen MR) is 153 cm³/mol. The Morgan fingerprint density at radius 3 is 2.16 bits per heavy atom. The van der Waals surface area contributed by atoms with Crippen molar-refractivity contribution in [2.45, 2.75) is 97.5 Å². The number of esters is 1. The molecule has 1 atom stereocenters. The molecule has 4 heteroatoms. The smallest absolute Gasteiger partial charge is 0.343 e. The summed E-state index contributed by atoms with van der Waals surface area (Å²) in [6.07, 6.45) is 13.4. The summed E-state index contributed by atoms with van der Waals surface area (Å²) in [4.78, 5) is 13.0. The highest BCUT2D eigenvalue weighted by atomic mass is 16.6. The van der Waals surface area contributed by atoms with Crippen LogP contribution in [0.2, 0.25) is 0 Å². The first kappa shape index (κ1) is 28.6. The number of carbonyl (C=O) groups excluding carboxylic acids is 1. The van der Waals surface area contributed by atoms with Crippen LogP contribution in [0.1, 0.15) is 102 Å². The van der Waals surface area contributed by atoms with Crippen molar-refractivity contribution >= 4 is 16.7 Å². The molecule has 0 heterocycles. The molecule has 0 aliphatic carbocycles. The SMILES string of the molecule is CCCCCCCCOc1ccc2cc(C(=O)Oc3ccccc3OC(C)CCCCCC)ccc2c1. The third-order valence-electron chi connectivity index (χ3n) is 6.66. The molecule has 37 heavy (non-hydrogen) atoms. The van der Waals surface area contributed by atoms with Crippen LogP contribution in [0, 0.1) is 0 Å². The Balaban J connectivity index is 1.55. The molecule has 0 radical (unpaired) electrons. The molecule has 1 unspecified atom stereocenters. The molecule has 0 fully saturated rings. The van der Waals surface area contributed by atoms with Gasteiger partial charge in [0.05, 0.1) is 18.3 Å². The fourth-order valence-electron chi connectivity index (χ4n) is 4.44. The van der Waals surface area contributed by atoms with Crippen LogP contribution in [-0.4, -0.2) is 18.7 Å². The molecule has 0 spiro atoms. The number of unbranched alkanes of at least 4 members (excludes halogenated alkanes) is 8. The minimum absolute atomic E-state index is 0.0647. The van der Waals surface area contributed by atoms with E-state index in [4.69, 9.17) is 14.2 Å². The number of fused-ring (bicyclic) bond motifs is 1. The second-order valence-corrected chi connectivity index (χ2v) is 9.95. The molecule has 0 saturated heterocycles. The molecule has 0 N–H and O–H groups in total. The molecular weight excluding hydrogens is 460 g/mol. The van der Waals surface area contributed by atoms with Crippen molar-refractivity contribution in [1.82, 2.24) is 0 Å². The highest BCUT2D eigenvalue weighted by Crippen LogP contribution is 2.30. The third-order valence-corrected chi connectivity index (χ3v) is 6.66. The molecule has 0 saturated carbocycles. The first-order valence-electron chi connectivity index (χ1n) is 14.2. The summed E-state index contributed by atoms with van der Waals surface area (Å²) in [7, 11) is 0. The fourth-order valence-corrected chi connectivity index (χ4v) is 4.44. The van der Waals surface area contributed by atoms with Crippen LogP contribution in [0.15, 0.2) is 60.7 Å². The Hall–Kier alpha value is -3.01. The van der Waals surface area contributed by atoms with Gasteiger partial charge in [0.15, 0.2) is 11.5 Å². The lowest BCUT2D eigenvalue weighted by Gasteiger charge is -2.17. The summed E-state index contributed by atoms with van der Waals surface area (Å²) in [5, 5.41) is 2.02. The number of carbonyl (C=O) groups is 1. The van der Waals surface area contributed by atoms with Crippen LogP contribution < -0.4 is 14.2 Å². The first-order chi connectivity index (χ1) is 18.1. The number of ether oxygens (including phenoxy) is 3. The van der Waals surface area contributed by atoms with Crippen LogP contribution in [0.4, 0.5) is 0 Å². The molecule has 0 bridgehead atoms. The normalized spacial score (nSPS) is 11.9. The van der Waals surface area contributed by atoms with Crippen molar-refractivity contribution in [3.8, 4) is 17.2 Å². The van der Waals surface area contributed by atoms with E-state index in [1.807, 2.05) is 54.6 Å². The highest BCUT2D eigenvalue weighted by Gasteiger charge is 2.15. The summed E-state index contributed by atoms with van der Waals surface area (Å²) >= 11 is 0. The van der Waals surface area contributed by atoms with E-state index in [2.05, 4.69) is 20.8 Å². The van der Waals surface area contributed by atoms with Gasteiger partial charge in [0, 0.05) is 0 Å². The van der Waals surface area contributed by atoms with Gasteiger partial charge >= 0.3 is 5.97 Å². The van der Waals surface area contributed by atoms with Crippen molar-refractivity contribution in [2.24, 2.45) is 0 Å². The second-order valence-electron chi connectivity index (χ2n) is 9.95. The van der Waals surface area contributed by atoms with Gasteiger partial charge in [-0.1, -0.05) is 89.5 Å². The zero-order chi connectivity index (χ0) is 26.3. The van der Waals surface area contributed by atoms with E-state index < -0.39 is 5.97 Å². The highest BCUT2D eigenvalue weighted by molar-refractivity contribution is 5.96. The summed E-state index contributed by atoms with van der Waals surface area (Å²) in [6, 6.07) is 19.0. The molecule has 0 amide bonds. The van der Waals surface area contributed by atoms with E-state index in [0.717, 1.165) is 42.4 Å². The van der Waals surface area contributed by atoms with Crippen molar-refractivity contribution in [1.29, 1.82) is 0 Å². The maximum absolute atomic E-state index is 13.0. The summed E-state index contributed by atoms with van der Waals surface area (Å²) in [6.45, 7) is 7.26. The topological polar surface area (TPSA) is 44.8 Å². The van der Waals surface area contributed by atoms with E-state index >= 15 is 0 Å². The van der Waals surface area contributed by atoms with Crippen molar-refractivity contribution in [3.05, 3.63) is 66.2 Å². The molecule has 3 aromatic rings. The van der Waals surface area contributed by atoms with Crippen LogP contribution in [0.5, 0.6) is 17.2 Å². The predicted octanol–water partition coefficient (Wildman–Crippen LogP) is 9.54. The summed E-state index contributed by atoms with van der Waals surface area (Å²) in [5.41, 5.74) is 0.510. The van der Waals surface area contributed by atoms with E-state index in [0.29, 0.717) is 17.1 Å². The van der Waals surface area contributed by atoms with E-state index in [-0.39, 0.29) is 6.10 Å². The third kappa shape index (κ3) is 9.76. The lowest BCUT2D eigenvalue weighted by Crippen LogP contribution is -2.14. The van der Waals surface area contributed by atoms with Gasteiger partial charge in [0.25, 0.3) is 0 Å². The number of hydrogen-bond donors (Lipinski definition) is 0. The van der Waals surface area contributed by atoms with Gasteiger partial charge in [0.1, 0.15) is 5.75 Å². The van der Waals surface area contributed by atoms with E-state index in [9.17, 15) is 4.79 Å². The van der Waals surface area contributed by atoms with Crippen molar-refractivity contribution < 1.29 is 19.0 Å². The van der Waals surface area contributed by atoms with Crippen LogP contribution >= 0.6 is 0 Å². The quantitative estimate of drug-likeness (QED) is 0.104. The molecule has 3 rings (SSSR count). The Morgan fingerprint density at radius 2 is 1.38 bits per heavy atom. The second kappa shape index (κ2) is 16.0. The molecule has 3 aromatic carbocycles. The van der Waals surface area contributed by atoms with Gasteiger partial charge in [-0.2, -0.15) is 0 Å². The zero-order valence-electron chi connectivity index (χ0n) is 23.0. The number of para-hydroxylation sites is 2. The van der Waals surface area contributed by atoms with E-state index in [1.165, 1.54) is 51.4 Å². The van der Waals surface area contributed by atoms with Crippen LogP contribution in [-0.2, 0) is 0 Å². The molecular formula is C33H44O4. The van der Waals surface area contributed by atoms with Crippen LogP contribution in [0.25, 0.3) is 10.8 Å². The first-order valence-corrected chi connectivity index (χ1v) is 14.2. The molecule has 0 aliphatic rings. The minimum Gasteiger partial charge on any atom is -0.494 e. The number of hydrogen-bond acceptors (Lipinski definition) is 4. The molecule has 200 valence electrons. The standard InChI is InChI=1S/C33H44O4/c1-4-6-8-10-11-15-23-35-30-22-21-27-24-29(20-19-28(27)25-30)33(34)37-32-18-14-13-17-31(32)36-26(3)16-12-9-7-5-2/h13-14,17-22,24-26H,4-12,15-16,23H2,1-3H3. The average Bonchev–Trinajstić information content (AvgIpc) is 2.91. The molecule has 0 aliphatic heterocycles. The Labute approximate surface area is 223 Å². The number of rotatable bonds is 17. The van der Waals surface area contributed by atoms with Gasteiger partial charge < -0.3 is 14.2 Å². The minimum atomic E-state index is -0.392. The van der Waals surface area contributed by atoms with Gasteiger partial charge in [-0.15, -0.1) is 0 Å². The molecule has 0 aromatic heterocycles. The van der Waals surface area contributed by atoms with Crippen molar-refractivity contribution in [2.75, 3.05) is 6.61 Å². The number of benzene rings is 3. The Bertz CT molecular complexity index is 1090. The maximum Gasteiger partial charge on any atom is 0.343 e. The fraction of sp³-hybridized carbons (Fsp3) is 0.485. The van der Waals surface area contributed by atoms with Gasteiger partial charge in [-0.25, -0.2) is 4.79 Å². The van der Waals surface area contributed by atoms with Gasteiger partial charge in [0.2, 0.25) is 0 Å². The largest absolute Gasteiger partial charge is 0.494 e. The van der Waals surface area contributed by atoms with E-state index in [1.54, 1.807) is 6.07 Å². The van der Waals surface area contributed by atoms with Crippen LogP contribution in [0.3, 0.4) is 0 Å². The van der Waals surface area contributed by atoms with Crippen molar-refractivity contribution in [3.63, 3.8) is 0 Å². The lowest BCUT2D eigenvalue weighted by molar-refractivity contribution is 0.0723. The lowest BCUT2D eigenvalue weighted by atomic mass is 10.1. The van der Waals surface area contributed by atoms with Gasteiger partial charge in [-0.05, 0) is 73.4 Å². The summed E-state index contributed by atoms with van der Waals surface area (Å²) in [5.74, 6) is 1.53. The Morgan fingerprint density at radius 1 is 0.730 bits per heavy atom. The monoisotopic (exact) mass is 504 g/mol.